The summed E-state index contributed by atoms with van der Waals surface area (Å²) in [5, 5.41) is 9.35. The van der Waals surface area contributed by atoms with Gasteiger partial charge >= 0.3 is 0 Å². The molecule has 3 nitrogen and oxygen atoms in total. The summed E-state index contributed by atoms with van der Waals surface area (Å²) in [5.41, 5.74) is 2.01. The van der Waals surface area contributed by atoms with E-state index in [9.17, 15) is 0 Å². The first-order valence-electron chi connectivity index (χ1n) is 5.18. The van der Waals surface area contributed by atoms with Gasteiger partial charge in [0.2, 0.25) is 0 Å². The van der Waals surface area contributed by atoms with Gasteiger partial charge in [0.25, 0.3) is 0 Å². The maximum Gasteiger partial charge on any atom is 0.176 e. The Morgan fingerprint density at radius 3 is 2.50 bits per heavy atom. The van der Waals surface area contributed by atoms with E-state index in [1.165, 1.54) is 0 Å². The van der Waals surface area contributed by atoms with Crippen molar-refractivity contribution in [2.45, 2.75) is 27.3 Å². The molecular formula is C11H13Cl2N3. The summed E-state index contributed by atoms with van der Waals surface area (Å²) in [7, 11) is 0. The van der Waals surface area contributed by atoms with Gasteiger partial charge in [0, 0.05) is 17.6 Å². The van der Waals surface area contributed by atoms with Crippen molar-refractivity contribution in [2.75, 3.05) is 0 Å². The predicted octanol–water partition coefficient (Wildman–Crippen LogP) is 3.70. The number of hydrogen-bond donors (Lipinski definition) is 0. The molecule has 0 aromatic carbocycles. The number of halogens is 2. The topological polar surface area (TPSA) is 30.7 Å². The van der Waals surface area contributed by atoms with Crippen LogP contribution in [-0.4, -0.2) is 14.8 Å². The van der Waals surface area contributed by atoms with Gasteiger partial charge in [-0.1, -0.05) is 37.0 Å². The fourth-order valence-electron chi connectivity index (χ4n) is 1.85. The Balaban J connectivity index is 2.72. The van der Waals surface area contributed by atoms with Gasteiger partial charge in [-0.05, 0) is 18.9 Å². The molecule has 0 saturated heterocycles. The highest BCUT2D eigenvalue weighted by molar-refractivity contribution is 6.38. The van der Waals surface area contributed by atoms with Crippen LogP contribution in [-0.2, 0) is 6.54 Å². The number of aromatic nitrogens is 3. The second kappa shape index (κ2) is 4.22. The fraction of sp³-hybridized carbons (Fsp3) is 0.455. The van der Waals surface area contributed by atoms with E-state index < -0.39 is 0 Å². The second-order valence-corrected chi connectivity index (χ2v) is 5.05. The summed E-state index contributed by atoms with van der Waals surface area (Å²) in [4.78, 5) is 0. The molecule has 0 spiro atoms. The number of fused-ring (bicyclic) bond motifs is 1. The highest BCUT2D eigenvalue weighted by Gasteiger charge is 2.14. The Morgan fingerprint density at radius 1 is 1.25 bits per heavy atom. The summed E-state index contributed by atoms with van der Waals surface area (Å²) in [6.45, 7) is 7.26. The molecule has 0 aliphatic heterocycles. The third-order valence-corrected chi connectivity index (χ3v) is 3.03. The van der Waals surface area contributed by atoms with E-state index in [2.05, 4.69) is 28.6 Å². The van der Waals surface area contributed by atoms with Crippen LogP contribution in [0.2, 0.25) is 10.3 Å². The molecular weight excluding hydrogens is 245 g/mol. The van der Waals surface area contributed by atoms with Crippen molar-refractivity contribution in [3.05, 3.63) is 22.1 Å². The van der Waals surface area contributed by atoms with Gasteiger partial charge in [-0.2, -0.15) is 0 Å². The van der Waals surface area contributed by atoms with Crippen molar-refractivity contribution in [3.8, 4) is 0 Å². The van der Waals surface area contributed by atoms with Crippen LogP contribution in [0, 0.1) is 12.8 Å². The predicted molar refractivity (Wildman–Crippen MR) is 67.1 cm³/mol. The molecule has 0 aliphatic carbocycles. The Kier molecular flexibility index (Phi) is 3.08. The Hall–Kier alpha value is -0.800. The van der Waals surface area contributed by atoms with E-state index in [4.69, 9.17) is 23.2 Å². The van der Waals surface area contributed by atoms with Gasteiger partial charge in [-0.3, -0.25) is 0 Å². The first-order chi connectivity index (χ1) is 7.50. The van der Waals surface area contributed by atoms with Crippen LogP contribution in [0.25, 0.3) is 10.9 Å². The number of nitrogens with zero attached hydrogens (tertiary/aromatic N) is 3. The van der Waals surface area contributed by atoms with Gasteiger partial charge in [-0.25, -0.2) is 0 Å². The zero-order chi connectivity index (χ0) is 11.9. The number of hydrogen-bond acceptors (Lipinski definition) is 2. The molecule has 2 aromatic rings. The molecule has 0 amide bonds. The summed E-state index contributed by atoms with van der Waals surface area (Å²) >= 11 is 12.1. The van der Waals surface area contributed by atoms with Gasteiger partial charge in [0.1, 0.15) is 0 Å². The van der Waals surface area contributed by atoms with Gasteiger partial charge in [-0.15, -0.1) is 10.2 Å². The lowest BCUT2D eigenvalue weighted by Crippen LogP contribution is -2.06. The van der Waals surface area contributed by atoms with Gasteiger partial charge in [0.15, 0.2) is 10.3 Å². The highest BCUT2D eigenvalue weighted by atomic mass is 35.5. The minimum Gasteiger partial charge on any atom is -0.342 e. The van der Waals surface area contributed by atoms with E-state index in [1.807, 2.05) is 13.0 Å². The van der Waals surface area contributed by atoms with Gasteiger partial charge in [0.05, 0.1) is 5.52 Å². The lowest BCUT2D eigenvalue weighted by atomic mass is 10.2. The maximum atomic E-state index is 6.08. The van der Waals surface area contributed by atoms with Crippen molar-refractivity contribution < 1.29 is 0 Å². The molecule has 86 valence electrons. The van der Waals surface area contributed by atoms with Crippen LogP contribution in [0.5, 0.6) is 0 Å². The summed E-state index contributed by atoms with van der Waals surface area (Å²) in [6, 6.07) is 2.00. The summed E-state index contributed by atoms with van der Waals surface area (Å²) in [5.74, 6) is 0.539. The number of rotatable bonds is 2. The first-order valence-corrected chi connectivity index (χ1v) is 5.93. The van der Waals surface area contributed by atoms with Crippen LogP contribution < -0.4 is 0 Å². The molecule has 2 aromatic heterocycles. The lowest BCUT2D eigenvalue weighted by molar-refractivity contribution is 0.527. The molecule has 2 heterocycles. The van der Waals surface area contributed by atoms with E-state index >= 15 is 0 Å². The molecule has 0 fully saturated rings. The smallest absolute Gasteiger partial charge is 0.176 e. The average molecular weight is 258 g/mol. The van der Waals surface area contributed by atoms with Crippen molar-refractivity contribution >= 4 is 34.1 Å². The van der Waals surface area contributed by atoms with Crippen LogP contribution in [0.4, 0.5) is 0 Å². The molecule has 0 N–H and O–H groups in total. The van der Waals surface area contributed by atoms with Crippen LogP contribution in [0.15, 0.2) is 6.07 Å². The minimum atomic E-state index is 0.407. The summed E-state index contributed by atoms with van der Waals surface area (Å²) < 4.78 is 2.14. The molecule has 0 atom stereocenters. The molecule has 16 heavy (non-hydrogen) atoms. The van der Waals surface area contributed by atoms with E-state index in [1.54, 1.807) is 0 Å². The standard InChI is InChI=1S/C11H13Cl2N3/c1-6(2)5-16-7(3)4-8-9(16)11(13)15-14-10(8)12/h4,6H,5H2,1-3H3. The lowest BCUT2D eigenvalue weighted by Gasteiger charge is -2.11. The molecule has 0 aliphatic rings. The van der Waals surface area contributed by atoms with Crippen LogP contribution in [0.3, 0.4) is 0 Å². The van der Waals surface area contributed by atoms with Crippen molar-refractivity contribution in [1.29, 1.82) is 0 Å². The molecule has 0 radical (unpaired) electrons. The summed E-state index contributed by atoms with van der Waals surface area (Å²) in [6.07, 6.45) is 0. The average Bonchev–Trinajstić information content (AvgIpc) is 2.51. The van der Waals surface area contributed by atoms with E-state index in [0.717, 1.165) is 23.1 Å². The van der Waals surface area contributed by atoms with Crippen molar-refractivity contribution in [2.24, 2.45) is 5.92 Å². The monoisotopic (exact) mass is 257 g/mol. The quantitative estimate of drug-likeness (QED) is 0.822. The zero-order valence-corrected chi connectivity index (χ0v) is 11.0. The van der Waals surface area contributed by atoms with E-state index in [0.29, 0.717) is 16.2 Å². The van der Waals surface area contributed by atoms with Gasteiger partial charge < -0.3 is 4.57 Å². The first kappa shape index (κ1) is 11.7. The third-order valence-electron chi connectivity index (χ3n) is 2.49. The third kappa shape index (κ3) is 1.89. The van der Waals surface area contributed by atoms with Crippen molar-refractivity contribution in [3.63, 3.8) is 0 Å². The van der Waals surface area contributed by atoms with E-state index in [-0.39, 0.29) is 0 Å². The van der Waals surface area contributed by atoms with Crippen LogP contribution in [0.1, 0.15) is 19.5 Å². The SMILES string of the molecule is Cc1cc2c(Cl)nnc(Cl)c2n1CC(C)C. The normalized spacial score (nSPS) is 11.6. The molecule has 0 unspecified atom stereocenters. The second-order valence-electron chi connectivity index (χ2n) is 4.33. The highest BCUT2D eigenvalue weighted by Crippen LogP contribution is 2.29. The Bertz CT molecular complexity index is 531. The minimum absolute atomic E-state index is 0.407. The number of aryl methyl sites for hydroxylation is 1. The van der Waals surface area contributed by atoms with Crippen LogP contribution >= 0.6 is 23.2 Å². The zero-order valence-electron chi connectivity index (χ0n) is 9.46. The molecule has 5 heteroatoms. The fourth-order valence-corrected chi connectivity index (χ4v) is 2.27. The Morgan fingerprint density at radius 2 is 1.88 bits per heavy atom. The molecule has 2 rings (SSSR count). The largest absolute Gasteiger partial charge is 0.342 e. The molecule has 0 saturated carbocycles. The Labute approximate surface area is 104 Å². The molecule has 0 bridgehead atoms. The van der Waals surface area contributed by atoms with Crippen molar-refractivity contribution in [1.82, 2.24) is 14.8 Å². The maximum absolute atomic E-state index is 6.08.